The van der Waals surface area contributed by atoms with Crippen LogP contribution in [0.4, 0.5) is 0 Å². The summed E-state index contributed by atoms with van der Waals surface area (Å²) in [7, 11) is 1.33. The highest BCUT2D eigenvalue weighted by Gasteiger charge is 2.04. The second-order valence-corrected chi connectivity index (χ2v) is 2.73. The lowest BCUT2D eigenvalue weighted by Gasteiger charge is -2.02. The minimum absolute atomic E-state index is 0.322. The standard InChI is InChI=1S/C7H11N3O3/c1-3-4-10-6(12)8-5(11)9(2)7(10)13/h3-4H2,1-2H3,(H,8,11,12). The third kappa shape index (κ3) is 1.61. The largest absolute Gasteiger partial charge is 0.336 e. The summed E-state index contributed by atoms with van der Waals surface area (Å²) in [5, 5.41) is 0. The first-order valence-electron chi connectivity index (χ1n) is 3.98. The van der Waals surface area contributed by atoms with Crippen LogP contribution >= 0.6 is 0 Å². The summed E-state index contributed by atoms with van der Waals surface area (Å²) in [5.41, 5.74) is -1.90. The van der Waals surface area contributed by atoms with Gasteiger partial charge in [0.1, 0.15) is 0 Å². The van der Waals surface area contributed by atoms with Crippen molar-refractivity contribution in [1.29, 1.82) is 0 Å². The normalized spacial score (nSPS) is 10.3. The number of hydrogen-bond donors (Lipinski definition) is 1. The van der Waals surface area contributed by atoms with Gasteiger partial charge in [0, 0.05) is 13.6 Å². The van der Waals surface area contributed by atoms with Gasteiger partial charge < -0.3 is 0 Å². The average Bonchev–Trinajstić information content (AvgIpc) is 2.09. The molecule has 1 aromatic heterocycles. The van der Waals surface area contributed by atoms with Crippen molar-refractivity contribution in [1.82, 2.24) is 14.1 Å². The lowest BCUT2D eigenvalue weighted by molar-refractivity contribution is 0.542. The van der Waals surface area contributed by atoms with E-state index in [1.54, 1.807) is 0 Å². The minimum atomic E-state index is -0.678. The van der Waals surface area contributed by atoms with Crippen LogP contribution in [0, 0.1) is 0 Å². The Labute approximate surface area is 73.5 Å². The maximum Gasteiger partial charge on any atom is 0.336 e. The van der Waals surface area contributed by atoms with E-state index < -0.39 is 17.1 Å². The van der Waals surface area contributed by atoms with Crippen LogP contribution in [0.1, 0.15) is 13.3 Å². The summed E-state index contributed by atoms with van der Waals surface area (Å²) in [5.74, 6) is 0. The molecule has 0 atom stereocenters. The zero-order valence-electron chi connectivity index (χ0n) is 7.53. The van der Waals surface area contributed by atoms with Crippen molar-refractivity contribution >= 4 is 0 Å². The second-order valence-electron chi connectivity index (χ2n) is 2.73. The number of aromatic nitrogens is 3. The molecule has 0 saturated heterocycles. The van der Waals surface area contributed by atoms with Gasteiger partial charge in [-0.2, -0.15) is 0 Å². The molecule has 6 nitrogen and oxygen atoms in total. The lowest BCUT2D eigenvalue weighted by Crippen LogP contribution is -2.48. The number of H-pyrrole nitrogens is 1. The first kappa shape index (κ1) is 9.50. The molecule has 1 N–H and O–H groups in total. The zero-order chi connectivity index (χ0) is 10.0. The van der Waals surface area contributed by atoms with E-state index in [-0.39, 0.29) is 0 Å². The van der Waals surface area contributed by atoms with E-state index in [4.69, 9.17) is 0 Å². The first-order chi connectivity index (χ1) is 6.07. The Balaban J connectivity index is 3.54. The minimum Gasteiger partial charge on any atom is -0.259 e. The van der Waals surface area contributed by atoms with Gasteiger partial charge in [0.05, 0.1) is 0 Å². The summed E-state index contributed by atoms with van der Waals surface area (Å²) in [6.07, 6.45) is 0.668. The quantitative estimate of drug-likeness (QED) is 0.618. The van der Waals surface area contributed by atoms with Gasteiger partial charge in [0.2, 0.25) is 0 Å². The molecule has 0 saturated carbocycles. The van der Waals surface area contributed by atoms with Gasteiger partial charge in [-0.1, -0.05) is 6.92 Å². The van der Waals surface area contributed by atoms with E-state index >= 15 is 0 Å². The molecule has 0 fully saturated rings. The molecule has 1 rings (SSSR count). The van der Waals surface area contributed by atoms with E-state index in [0.717, 1.165) is 9.13 Å². The maximum atomic E-state index is 11.3. The molecule has 6 heteroatoms. The van der Waals surface area contributed by atoms with Crippen LogP contribution in [0.25, 0.3) is 0 Å². The van der Waals surface area contributed by atoms with E-state index in [1.165, 1.54) is 7.05 Å². The molecule has 0 aliphatic rings. The summed E-state index contributed by atoms with van der Waals surface area (Å²) < 4.78 is 1.87. The van der Waals surface area contributed by atoms with Crippen molar-refractivity contribution in [3.8, 4) is 0 Å². The maximum absolute atomic E-state index is 11.3. The molecular weight excluding hydrogens is 174 g/mol. The fourth-order valence-corrected chi connectivity index (χ4v) is 1.02. The summed E-state index contributed by atoms with van der Waals surface area (Å²) in [6, 6.07) is 0. The van der Waals surface area contributed by atoms with E-state index in [1.807, 2.05) is 11.9 Å². The molecular formula is C7H11N3O3. The van der Waals surface area contributed by atoms with Crippen LogP contribution in [-0.2, 0) is 13.6 Å². The smallest absolute Gasteiger partial charge is 0.259 e. The number of nitrogens with zero attached hydrogens (tertiary/aromatic N) is 2. The van der Waals surface area contributed by atoms with Crippen molar-refractivity contribution in [2.24, 2.45) is 7.05 Å². The molecule has 0 bridgehead atoms. The number of hydrogen-bond acceptors (Lipinski definition) is 3. The highest BCUT2D eigenvalue weighted by Crippen LogP contribution is 1.75. The predicted molar refractivity (Wildman–Crippen MR) is 46.9 cm³/mol. The number of aromatic amines is 1. The van der Waals surface area contributed by atoms with Crippen molar-refractivity contribution in [2.75, 3.05) is 0 Å². The van der Waals surface area contributed by atoms with Crippen LogP contribution < -0.4 is 17.1 Å². The molecule has 72 valence electrons. The molecule has 0 radical (unpaired) electrons. The van der Waals surface area contributed by atoms with E-state index in [9.17, 15) is 14.4 Å². The molecule has 0 aromatic carbocycles. The molecule has 0 aliphatic heterocycles. The Bertz CT molecular complexity index is 465. The van der Waals surface area contributed by atoms with Gasteiger partial charge in [-0.25, -0.2) is 23.5 Å². The van der Waals surface area contributed by atoms with Crippen LogP contribution in [-0.4, -0.2) is 14.1 Å². The van der Waals surface area contributed by atoms with Gasteiger partial charge >= 0.3 is 17.1 Å². The lowest BCUT2D eigenvalue weighted by atomic mass is 10.5. The molecule has 0 amide bonds. The van der Waals surface area contributed by atoms with Crippen molar-refractivity contribution in [3.05, 3.63) is 31.5 Å². The average molecular weight is 185 g/mol. The third-order valence-corrected chi connectivity index (χ3v) is 1.73. The van der Waals surface area contributed by atoms with Crippen molar-refractivity contribution in [3.63, 3.8) is 0 Å². The SMILES string of the molecule is CCCn1c(=O)[nH]c(=O)n(C)c1=O. The second kappa shape index (κ2) is 3.42. The summed E-state index contributed by atoms with van der Waals surface area (Å²) in [6.45, 7) is 2.17. The highest BCUT2D eigenvalue weighted by atomic mass is 16.2. The van der Waals surface area contributed by atoms with Crippen molar-refractivity contribution in [2.45, 2.75) is 19.9 Å². The van der Waals surface area contributed by atoms with Gasteiger partial charge in [-0.15, -0.1) is 0 Å². The fraction of sp³-hybridized carbons (Fsp3) is 0.571. The summed E-state index contributed by atoms with van der Waals surface area (Å²) in [4.78, 5) is 35.4. The Morgan fingerprint density at radius 2 is 1.85 bits per heavy atom. The third-order valence-electron chi connectivity index (χ3n) is 1.73. The van der Waals surface area contributed by atoms with Gasteiger partial charge in [0.25, 0.3) is 0 Å². The van der Waals surface area contributed by atoms with Crippen molar-refractivity contribution < 1.29 is 0 Å². The van der Waals surface area contributed by atoms with Crippen LogP contribution in [0.15, 0.2) is 14.4 Å². The number of rotatable bonds is 2. The Morgan fingerprint density at radius 1 is 1.23 bits per heavy atom. The molecule has 1 heterocycles. The van der Waals surface area contributed by atoms with Gasteiger partial charge in [-0.05, 0) is 6.42 Å². The number of nitrogens with one attached hydrogen (secondary N) is 1. The topological polar surface area (TPSA) is 76.9 Å². The molecule has 1 aromatic rings. The van der Waals surface area contributed by atoms with Crippen LogP contribution in [0.2, 0.25) is 0 Å². The first-order valence-corrected chi connectivity index (χ1v) is 3.98. The summed E-state index contributed by atoms with van der Waals surface area (Å²) >= 11 is 0. The van der Waals surface area contributed by atoms with Gasteiger partial charge in [-0.3, -0.25) is 4.98 Å². The monoisotopic (exact) mass is 185 g/mol. The van der Waals surface area contributed by atoms with E-state index in [2.05, 4.69) is 0 Å². The molecule has 0 unspecified atom stereocenters. The Hall–Kier alpha value is -1.59. The van der Waals surface area contributed by atoms with Crippen LogP contribution in [0.3, 0.4) is 0 Å². The van der Waals surface area contributed by atoms with Crippen LogP contribution in [0.5, 0.6) is 0 Å². The Morgan fingerprint density at radius 3 is 2.38 bits per heavy atom. The molecule has 13 heavy (non-hydrogen) atoms. The predicted octanol–water partition coefficient (Wildman–Crippen LogP) is -1.35. The van der Waals surface area contributed by atoms with E-state index in [0.29, 0.717) is 13.0 Å². The Kier molecular flexibility index (Phi) is 2.50. The fourth-order valence-electron chi connectivity index (χ4n) is 1.02. The molecule has 0 aliphatic carbocycles. The molecule has 0 spiro atoms. The zero-order valence-corrected chi connectivity index (χ0v) is 7.53. The highest BCUT2D eigenvalue weighted by molar-refractivity contribution is 4.72. The van der Waals surface area contributed by atoms with Gasteiger partial charge in [0.15, 0.2) is 0 Å².